The van der Waals surface area contributed by atoms with Gasteiger partial charge in [-0.05, 0) is 24.3 Å². The molecule has 0 bridgehead atoms. The van der Waals surface area contributed by atoms with Gasteiger partial charge in [0.2, 0.25) is 0 Å². The van der Waals surface area contributed by atoms with Crippen molar-refractivity contribution in [3.8, 4) is 0 Å². The Morgan fingerprint density at radius 1 is 0.625 bits per heavy atom. The number of nitrogens with one attached hydrogen (secondary N) is 2. The SMILES string of the molecule is [Na].c1ccc(NCNc2ccccc2)cc1. The van der Waals surface area contributed by atoms with E-state index in [2.05, 4.69) is 10.6 Å². The van der Waals surface area contributed by atoms with Crippen LogP contribution in [0.3, 0.4) is 0 Å². The van der Waals surface area contributed by atoms with Crippen molar-refractivity contribution < 1.29 is 0 Å². The van der Waals surface area contributed by atoms with E-state index in [1.54, 1.807) is 0 Å². The summed E-state index contributed by atoms with van der Waals surface area (Å²) in [5.41, 5.74) is 2.25. The molecular formula is C13H14N2Na. The molecule has 77 valence electrons. The third-order valence-corrected chi connectivity index (χ3v) is 2.13. The van der Waals surface area contributed by atoms with Gasteiger partial charge in [-0.2, -0.15) is 0 Å². The molecule has 0 heterocycles. The summed E-state index contributed by atoms with van der Waals surface area (Å²) >= 11 is 0. The van der Waals surface area contributed by atoms with E-state index >= 15 is 0 Å². The van der Waals surface area contributed by atoms with Gasteiger partial charge in [-0.1, -0.05) is 36.4 Å². The Labute approximate surface area is 118 Å². The Hall–Kier alpha value is -0.960. The molecule has 2 aromatic carbocycles. The predicted molar refractivity (Wildman–Crippen MR) is 70.8 cm³/mol. The summed E-state index contributed by atoms with van der Waals surface area (Å²) in [7, 11) is 0. The fourth-order valence-corrected chi connectivity index (χ4v) is 1.36. The second-order valence-corrected chi connectivity index (χ2v) is 3.26. The predicted octanol–water partition coefficient (Wildman–Crippen LogP) is 2.79. The van der Waals surface area contributed by atoms with Gasteiger partial charge in [-0.15, -0.1) is 0 Å². The average Bonchev–Trinajstić information content (AvgIpc) is 2.32. The van der Waals surface area contributed by atoms with Crippen molar-refractivity contribution >= 4 is 40.9 Å². The maximum Gasteiger partial charge on any atom is 0.0849 e. The van der Waals surface area contributed by atoms with Crippen LogP contribution in [0.15, 0.2) is 60.7 Å². The zero-order valence-electron chi connectivity index (χ0n) is 9.48. The number of para-hydroxylation sites is 2. The Balaban J connectivity index is 0.00000128. The molecule has 3 heteroatoms. The van der Waals surface area contributed by atoms with E-state index in [-0.39, 0.29) is 29.6 Å². The molecule has 0 atom stereocenters. The van der Waals surface area contributed by atoms with Crippen molar-refractivity contribution in [2.45, 2.75) is 0 Å². The largest absolute Gasteiger partial charge is 0.368 e. The summed E-state index contributed by atoms with van der Waals surface area (Å²) < 4.78 is 0. The fraction of sp³-hybridized carbons (Fsp3) is 0.0769. The molecule has 0 saturated carbocycles. The minimum atomic E-state index is 0. The minimum Gasteiger partial charge on any atom is -0.368 e. The quantitative estimate of drug-likeness (QED) is 0.612. The van der Waals surface area contributed by atoms with E-state index in [1.165, 1.54) is 0 Å². The first kappa shape index (κ1) is 13.1. The molecule has 2 rings (SSSR count). The number of anilines is 2. The Kier molecular flexibility index (Phi) is 6.01. The van der Waals surface area contributed by atoms with Crippen LogP contribution in [0.4, 0.5) is 11.4 Å². The third-order valence-electron chi connectivity index (χ3n) is 2.13. The molecule has 0 fully saturated rings. The van der Waals surface area contributed by atoms with Gasteiger partial charge in [0.05, 0.1) is 6.67 Å². The zero-order valence-corrected chi connectivity index (χ0v) is 11.5. The standard InChI is InChI=1S/C13H14N2.Na/c1-3-7-12(8-4-1)14-11-15-13-9-5-2-6-10-13;/h1-10,14-15H,11H2;. The molecule has 2 aromatic rings. The van der Waals surface area contributed by atoms with Crippen LogP contribution in [0, 0.1) is 0 Å². The van der Waals surface area contributed by atoms with Gasteiger partial charge in [-0.3, -0.25) is 0 Å². The van der Waals surface area contributed by atoms with Crippen LogP contribution in [0.5, 0.6) is 0 Å². The molecular weight excluding hydrogens is 207 g/mol. The van der Waals surface area contributed by atoms with Crippen molar-refractivity contribution in [1.82, 2.24) is 0 Å². The average molecular weight is 221 g/mol. The zero-order chi connectivity index (χ0) is 10.3. The van der Waals surface area contributed by atoms with Crippen LogP contribution in [0.25, 0.3) is 0 Å². The van der Waals surface area contributed by atoms with E-state index in [9.17, 15) is 0 Å². The second kappa shape index (κ2) is 7.34. The van der Waals surface area contributed by atoms with Crippen molar-refractivity contribution in [3.63, 3.8) is 0 Å². The first-order valence-electron chi connectivity index (χ1n) is 5.03. The second-order valence-electron chi connectivity index (χ2n) is 3.26. The van der Waals surface area contributed by atoms with Gasteiger partial charge in [0.25, 0.3) is 0 Å². The molecule has 1 radical (unpaired) electrons. The molecule has 2 nitrogen and oxygen atoms in total. The Morgan fingerprint density at radius 3 is 1.38 bits per heavy atom. The summed E-state index contributed by atoms with van der Waals surface area (Å²) in [6, 6.07) is 20.3. The topological polar surface area (TPSA) is 24.1 Å². The van der Waals surface area contributed by atoms with Gasteiger partial charge in [0.15, 0.2) is 0 Å². The molecule has 0 aliphatic heterocycles. The molecule has 0 spiro atoms. The number of hydrogen-bond acceptors (Lipinski definition) is 2. The number of rotatable bonds is 4. The molecule has 0 amide bonds. The summed E-state index contributed by atoms with van der Waals surface area (Å²) in [4.78, 5) is 0. The summed E-state index contributed by atoms with van der Waals surface area (Å²) in [5, 5.41) is 6.56. The van der Waals surface area contributed by atoms with Gasteiger partial charge in [0, 0.05) is 40.9 Å². The summed E-state index contributed by atoms with van der Waals surface area (Å²) in [5.74, 6) is 0. The summed E-state index contributed by atoms with van der Waals surface area (Å²) in [6.07, 6.45) is 0. The van der Waals surface area contributed by atoms with E-state index in [4.69, 9.17) is 0 Å². The molecule has 16 heavy (non-hydrogen) atoms. The minimum absolute atomic E-state index is 0. The van der Waals surface area contributed by atoms with Crippen LogP contribution in [-0.2, 0) is 0 Å². The Morgan fingerprint density at radius 2 is 1.00 bits per heavy atom. The molecule has 2 N–H and O–H groups in total. The smallest absolute Gasteiger partial charge is 0.0849 e. The molecule has 0 aliphatic carbocycles. The molecule has 0 saturated heterocycles. The Bertz CT molecular complexity index is 350. The van der Waals surface area contributed by atoms with Crippen molar-refractivity contribution in [2.75, 3.05) is 17.3 Å². The van der Waals surface area contributed by atoms with Crippen molar-refractivity contribution in [1.29, 1.82) is 0 Å². The van der Waals surface area contributed by atoms with Crippen LogP contribution in [0.2, 0.25) is 0 Å². The molecule has 0 aromatic heterocycles. The van der Waals surface area contributed by atoms with Gasteiger partial charge < -0.3 is 10.6 Å². The number of benzene rings is 2. The maximum atomic E-state index is 3.28. The van der Waals surface area contributed by atoms with Crippen LogP contribution in [0.1, 0.15) is 0 Å². The maximum absolute atomic E-state index is 3.28. The number of hydrogen-bond donors (Lipinski definition) is 2. The molecule has 0 unspecified atom stereocenters. The first-order chi connectivity index (χ1) is 7.45. The van der Waals surface area contributed by atoms with Crippen LogP contribution in [-0.4, -0.2) is 36.2 Å². The van der Waals surface area contributed by atoms with Gasteiger partial charge in [0.1, 0.15) is 0 Å². The monoisotopic (exact) mass is 221 g/mol. The third kappa shape index (κ3) is 4.27. The van der Waals surface area contributed by atoms with E-state index < -0.39 is 0 Å². The van der Waals surface area contributed by atoms with Gasteiger partial charge in [-0.25, -0.2) is 0 Å². The van der Waals surface area contributed by atoms with Crippen molar-refractivity contribution in [3.05, 3.63) is 60.7 Å². The van der Waals surface area contributed by atoms with Crippen molar-refractivity contribution in [2.24, 2.45) is 0 Å². The van der Waals surface area contributed by atoms with Crippen LogP contribution >= 0.6 is 0 Å². The van der Waals surface area contributed by atoms with E-state index in [0.717, 1.165) is 18.0 Å². The summed E-state index contributed by atoms with van der Waals surface area (Å²) in [6.45, 7) is 0.730. The first-order valence-corrected chi connectivity index (χ1v) is 5.03. The fourth-order valence-electron chi connectivity index (χ4n) is 1.36. The van der Waals surface area contributed by atoms with E-state index in [0.29, 0.717) is 0 Å². The molecule has 0 aliphatic rings. The van der Waals surface area contributed by atoms with Gasteiger partial charge >= 0.3 is 0 Å². The van der Waals surface area contributed by atoms with Crippen LogP contribution < -0.4 is 10.6 Å². The van der Waals surface area contributed by atoms with E-state index in [1.807, 2.05) is 60.7 Å². The normalized spacial score (nSPS) is 9.00.